The van der Waals surface area contributed by atoms with Gasteiger partial charge in [0.2, 0.25) is 0 Å². The third-order valence-electron chi connectivity index (χ3n) is 3.92. The van der Waals surface area contributed by atoms with E-state index in [4.69, 9.17) is 11.6 Å². The van der Waals surface area contributed by atoms with Gasteiger partial charge in [0.15, 0.2) is 0 Å². The van der Waals surface area contributed by atoms with Gasteiger partial charge in [0.1, 0.15) is 5.82 Å². The average molecular weight is 327 g/mol. The number of benzene rings is 1. The Bertz CT molecular complexity index is 632. The zero-order valence-electron chi connectivity index (χ0n) is 11.9. The van der Waals surface area contributed by atoms with Crippen LogP contribution >= 0.6 is 11.6 Å². The monoisotopic (exact) mass is 326 g/mol. The van der Waals surface area contributed by atoms with Crippen LogP contribution in [0.2, 0.25) is 5.02 Å². The van der Waals surface area contributed by atoms with E-state index in [0.29, 0.717) is 17.4 Å². The molecule has 1 aromatic carbocycles. The minimum atomic E-state index is -2.57. The van der Waals surface area contributed by atoms with Gasteiger partial charge in [0.25, 0.3) is 0 Å². The van der Waals surface area contributed by atoms with Gasteiger partial charge in [-0.15, -0.1) is 0 Å². The molecule has 0 spiro atoms. The molecule has 1 aliphatic heterocycles. The lowest BCUT2D eigenvalue weighted by molar-refractivity contribution is 0.0605. The standard InChI is InChI=1S/C15H17ClF2N4/c16-12-4-2-1-3-11(12)13-9-19-5-7-21(13)10-14-20-6-8-22(14)15(17)18/h1-4,6,8,13,15,19H,5,7,9-10H2. The van der Waals surface area contributed by atoms with Crippen LogP contribution in [0, 0.1) is 0 Å². The quantitative estimate of drug-likeness (QED) is 0.937. The van der Waals surface area contributed by atoms with Crippen molar-refractivity contribution in [2.75, 3.05) is 19.6 Å². The normalized spacial score (nSPS) is 19.7. The zero-order valence-corrected chi connectivity index (χ0v) is 12.7. The predicted octanol–water partition coefficient (Wildman–Crippen LogP) is 3.08. The summed E-state index contributed by atoms with van der Waals surface area (Å²) in [5, 5.41) is 4.02. The number of aromatic nitrogens is 2. The molecular formula is C15H17ClF2N4. The van der Waals surface area contributed by atoms with Gasteiger partial charge in [0, 0.05) is 43.1 Å². The average Bonchev–Trinajstić information content (AvgIpc) is 2.97. The molecule has 1 atom stereocenters. The molecule has 0 amide bonds. The minimum absolute atomic E-state index is 0.0465. The lowest BCUT2D eigenvalue weighted by Gasteiger charge is -2.36. The highest BCUT2D eigenvalue weighted by molar-refractivity contribution is 6.31. The van der Waals surface area contributed by atoms with Crippen LogP contribution < -0.4 is 5.32 Å². The van der Waals surface area contributed by atoms with Gasteiger partial charge in [-0.2, -0.15) is 8.78 Å². The van der Waals surface area contributed by atoms with E-state index in [1.54, 1.807) is 0 Å². The maximum Gasteiger partial charge on any atom is 0.319 e. The molecule has 1 saturated heterocycles. The molecule has 118 valence electrons. The number of imidazole rings is 1. The van der Waals surface area contributed by atoms with Crippen molar-refractivity contribution < 1.29 is 8.78 Å². The topological polar surface area (TPSA) is 33.1 Å². The number of halogens is 3. The molecule has 0 bridgehead atoms. The molecule has 0 aliphatic carbocycles. The number of nitrogens with one attached hydrogen (secondary N) is 1. The van der Waals surface area contributed by atoms with E-state index < -0.39 is 6.55 Å². The molecule has 22 heavy (non-hydrogen) atoms. The third kappa shape index (κ3) is 3.14. The predicted molar refractivity (Wildman–Crippen MR) is 81.0 cm³/mol. The second-order valence-corrected chi connectivity index (χ2v) is 5.65. The summed E-state index contributed by atoms with van der Waals surface area (Å²) in [5.41, 5.74) is 1.01. The van der Waals surface area contributed by atoms with Crippen molar-refractivity contribution in [3.8, 4) is 0 Å². The zero-order chi connectivity index (χ0) is 15.5. The van der Waals surface area contributed by atoms with Gasteiger partial charge in [-0.25, -0.2) is 4.98 Å². The van der Waals surface area contributed by atoms with Gasteiger partial charge >= 0.3 is 6.55 Å². The van der Waals surface area contributed by atoms with Crippen LogP contribution in [-0.4, -0.2) is 34.1 Å². The van der Waals surface area contributed by atoms with Crippen LogP contribution in [0.5, 0.6) is 0 Å². The van der Waals surface area contributed by atoms with E-state index in [2.05, 4.69) is 15.2 Å². The maximum absolute atomic E-state index is 13.0. The molecule has 2 heterocycles. The second kappa shape index (κ2) is 6.73. The van der Waals surface area contributed by atoms with Gasteiger partial charge in [-0.1, -0.05) is 29.8 Å². The molecular weight excluding hydrogens is 310 g/mol. The number of hydrogen-bond acceptors (Lipinski definition) is 3. The summed E-state index contributed by atoms with van der Waals surface area (Å²) in [6.45, 7) is 0.107. The van der Waals surface area contributed by atoms with Crippen molar-refractivity contribution in [1.82, 2.24) is 19.8 Å². The maximum atomic E-state index is 13.0. The highest BCUT2D eigenvalue weighted by Gasteiger charge is 2.27. The number of alkyl halides is 2. The lowest BCUT2D eigenvalue weighted by Crippen LogP contribution is -2.46. The molecule has 1 unspecified atom stereocenters. The SMILES string of the molecule is FC(F)n1ccnc1CN1CCNCC1c1ccccc1Cl. The van der Waals surface area contributed by atoms with Crippen LogP contribution in [0.1, 0.15) is 24.0 Å². The van der Waals surface area contributed by atoms with E-state index in [-0.39, 0.29) is 6.04 Å². The summed E-state index contributed by atoms with van der Waals surface area (Å²) in [6, 6.07) is 7.70. The molecule has 2 aromatic rings. The van der Waals surface area contributed by atoms with Gasteiger partial charge < -0.3 is 5.32 Å². The van der Waals surface area contributed by atoms with Crippen molar-refractivity contribution in [2.45, 2.75) is 19.1 Å². The van der Waals surface area contributed by atoms with Crippen molar-refractivity contribution >= 4 is 11.6 Å². The fraction of sp³-hybridized carbons (Fsp3) is 0.400. The van der Waals surface area contributed by atoms with Crippen LogP contribution in [0.15, 0.2) is 36.7 Å². The fourth-order valence-corrected chi connectivity index (χ4v) is 3.08. The summed E-state index contributed by atoms with van der Waals surface area (Å²) in [6.07, 6.45) is 2.72. The molecule has 1 N–H and O–H groups in total. The third-order valence-corrected chi connectivity index (χ3v) is 4.27. The van der Waals surface area contributed by atoms with Gasteiger partial charge in [-0.3, -0.25) is 9.47 Å². The first-order valence-corrected chi connectivity index (χ1v) is 7.53. The summed E-state index contributed by atoms with van der Waals surface area (Å²) < 4.78 is 26.8. The Kier molecular flexibility index (Phi) is 4.71. The van der Waals surface area contributed by atoms with Crippen LogP contribution in [-0.2, 0) is 6.54 Å². The highest BCUT2D eigenvalue weighted by Crippen LogP contribution is 2.29. The highest BCUT2D eigenvalue weighted by atomic mass is 35.5. The van der Waals surface area contributed by atoms with E-state index >= 15 is 0 Å². The molecule has 1 aromatic heterocycles. The summed E-state index contributed by atoms with van der Waals surface area (Å²) in [4.78, 5) is 6.21. The molecule has 3 rings (SSSR count). The Hall–Kier alpha value is -1.50. The molecule has 7 heteroatoms. The van der Waals surface area contributed by atoms with E-state index in [9.17, 15) is 8.78 Å². The number of piperazine rings is 1. The van der Waals surface area contributed by atoms with Crippen LogP contribution in [0.25, 0.3) is 0 Å². The number of rotatable bonds is 4. The Morgan fingerprint density at radius 2 is 2.18 bits per heavy atom. The van der Waals surface area contributed by atoms with Crippen molar-refractivity contribution in [3.63, 3.8) is 0 Å². The number of nitrogens with zero attached hydrogens (tertiary/aromatic N) is 3. The molecule has 1 fully saturated rings. The van der Waals surface area contributed by atoms with Gasteiger partial charge in [-0.05, 0) is 11.6 Å². The van der Waals surface area contributed by atoms with Crippen molar-refractivity contribution in [3.05, 3.63) is 53.1 Å². The number of hydrogen-bond donors (Lipinski definition) is 1. The van der Waals surface area contributed by atoms with Gasteiger partial charge in [0.05, 0.1) is 6.54 Å². The first kappa shape index (κ1) is 15.4. The summed E-state index contributed by atoms with van der Waals surface area (Å²) in [7, 11) is 0. The second-order valence-electron chi connectivity index (χ2n) is 5.24. The Morgan fingerprint density at radius 3 is 2.95 bits per heavy atom. The van der Waals surface area contributed by atoms with E-state index in [0.717, 1.165) is 29.8 Å². The summed E-state index contributed by atoms with van der Waals surface area (Å²) in [5.74, 6) is 0.369. The molecule has 4 nitrogen and oxygen atoms in total. The summed E-state index contributed by atoms with van der Waals surface area (Å²) >= 11 is 6.29. The fourth-order valence-electron chi connectivity index (χ4n) is 2.81. The van der Waals surface area contributed by atoms with Crippen LogP contribution in [0.3, 0.4) is 0 Å². The first-order chi connectivity index (χ1) is 10.7. The molecule has 0 radical (unpaired) electrons. The smallest absolute Gasteiger partial charge is 0.314 e. The Balaban J connectivity index is 1.84. The van der Waals surface area contributed by atoms with Crippen molar-refractivity contribution in [2.24, 2.45) is 0 Å². The van der Waals surface area contributed by atoms with Crippen LogP contribution in [0.4, 0.5) is 8.78 Å². The molecule has 0 saturated carbocycles. The van der Waals surface area contributed by atoms with Crippen molar-refractivity contribution in [1.29, 1.82) is 0 Å². The van der Waals surface area contributed by atoms with E-state index in [1.165, 1.54) is 12.4 Å². The lowest BCUT2D eigenvalue weighted by atomic mass is 10.0. The molecule has 1 aliphatic rings. The Labute approximate surface area is 132 Å². The Morgan fingerprint density at radius 1 is 1.36 bits per heavy atom. The largest absolute Gasteiger partial charge is 0.319 e. The first-order valence-electron chi connectivity index (χ1n) is 7.16. The van der Waals surface area contributed by atoms with E-state index in [1.807, 2.05) is 24.3 Å². The minimum Gasteiger partial charge on any atom is -0.314 e.